The van der Waals surface area contributed by atoms with Gasteiger partial charge in [0, 0.05) is 19.2 Å². The third-order valence-corrected chi connectivity index (χ3v) is 5.82. The van der Waals surface area contributed by atoms with Crippen LogP contribution in [0.1, 0.15) is 27.2 Å². The standard InChI is InChI=1S/C15H22ClNO3S/c1-4-20-15-8-13(5-6-14(15)16)21(18,19)17-9-11(2)7-12(3)10-17/h5-6,8,11-12H,4,7,9-10H2,1-3H3/t11-,12+. The zero-order valence-corrected chi connectivity index (χ0v) is 14.2. The van der Waals surface area contributed by atoms with Gasteiger partial charge in [0.15, 0.2) is 0 Å². The van der Waals surface area contributed by atoms with Gasteiger partial charge in [0.25, 0.3) is 0 Å². The molecule has 1 fully saturated rings. The lowest BCUT2D eigenvalue weighted by atomic mass is 9.94. The molecule has 1 saturated heterocycles. The Kier molecular flexibility index (Phi) is 5.17. The average Bonchev–Trinajstić information content (AvgIpc) is 2.40. The maximum absolute atomic E-state index is 12.8. The van der Waals surface area contributed by atoms with Gasteiger partial charge in [0.2, 0.25) is 10.0 Å². The van der Waals surface area contributed by atoms with Gasteiger partial charge in [-0.1, -0.05) is 25.4 Å². The Morgan fingerprint density at radius 2 is 1.90 bits per heavy atom. The van der Waals surface area contributed by atoms with Crippen molar-refractivity contribution in [1.82, 2.24) is 4.31 Å². The summed E-state index contributed by atoms with van der Waals surface area (Å²) in [7, 11) is -3.49. The molecular weight excluding hydrogens is 310 g/mol. The summed E-state index contributed by atoms with van der Waals surface area (Å²) in [5.41, 5.74) is 0. The van der Waals surface area contributed by atoms with E-state index in [0.29, 0.717) is 42.3 Å². The van der Waals surface area contributed by atoms with Crippen LogP contribution in [0.5, 0.6) is 5.75 Å². The molecule has 0 aromatic heterocycles. The number of halogens is 1. The van der Waals surface area contributed by atoms with Gasteiger partial charge in [-0.3, -0.25) is 0 Å². The predicted octanol–water partition coefficient (Wildman–Crippen LogP) is 3.41. The van der Waals surface area contributed by atoms with E-state index in [1.54, 1.807) is 16.4 Å². The summed E-state index contributed by atoms with van der Waals surface area (Å²) >= 11 is 6.02. The fourth-order valence-corrected chi connectivity index (χ4v) is 4.73. The van der Waals surface area contributed by atoms with Crippen LogP contribution in [0, 0.1) is 11.8 Å². The molecule has 118 valence electrons. The molecule has 0 radical (unpaired) electrons. The van der Waals surface area contributed by atoms with E-state index in [-0.39, 0.29) is 4.90 Å². The highest BCUT2D eigenvalue weighted by molar-refractivity contribution is 7.89. The molecule has 2 rings (SSSR count). The first kappa shape index (κ1) is 16.6. The van der Waals surface area contributed by atoms with E-state index >= 15 is 0 Å². The molecule has 0 unspecified atom stereocenters. The largest absolute Gasteiger partial charge is 0.492 e. The molecule has 1 aliphatic rings. The number of sulfonamides is 1. The van der Waals surface area contributed by atoms with Gasteiger partial charge in [-0.2, -0.15) is 4.31 Å². The average molecular weight is 332 g/mol. The first-order valence-corrected chi connectivity index (χ1v) is 9.09. The van der Waals surface area contributed by atoms with Gasteiger partial charge < -0.3 is 4.74 Å². The second-order valence-corrected chi connectivity index (χ2v) is 8.14. The minimum absolute atomic E-state index is 0.247. The van der Waals surface area contributed by atoms with Crippen molar-refractivity contribution in [2.75, 3.05) is 19.7 Å². The number of benzene rings is 1. The third-order valence-electron chi connectivity index (χ3n) is 3.68. The van der Waals surface area contributed by atoms with Gasteiger partial charge >= 0.3 is 0 Å². The normalized spacial score (nSPS) is 24.0. The molecule has 4 nitrogen and oxygen atoms in total. The molecule has 0 aliphatic carbocycles. The molecule has 1 heterocycles. The topological polar surface area (TPSA) is 46.6 Å². The van der Waals surface area contributed by atoms with Gasteiger partial charge in [-0.05, 0) is 37.3 Å². The van der Waals surface area contributed by atoms with Crippen LogP contribution in [0.15, 0.2) is 23.1 Å². The van der Waals surface area contributed by atoms with E-state index in [1.165, 1.54) is 6.07 Å². The van der Waals surface area contributed by atoms with Gasteiger partial charge in [0.1, 0.15) is 5.75 Å². The fourth-order valence-electron chi connectivity index (χ4n) is 2.86. The van der Waals surface area contributed by atoms with E-state index in [0.717, 1.165) is 6.42 Å². The van der Waals surface area contributed by atoms with Crippen LogP contribution in [0.25, 0.3) is 0 Å². The highest BCUT2D eigenvalue weighted by Crippen LogP contribution is 2.31. The van der Waals surface area contributed by atoms with E-state index in [2.05, 4.69) is 13.8 Å². The molecule has 1 aliphatic heterocycles. The van der Waals surface area contributed by atoms with Crippen LogP contribution >= 0.6 is 11.6 Å². The molecule has 0 bridgehead atoms. The lowest BCUT2D eigenvalue weighted by molar-refractivity contribution is 0.222. The second kappa shape index (κ2) is 6.55. The van der Waals surface area contributed by atoms with Crippen LogP contribution in [0.4, 0.5) is 0 Å². The highest BCUT2D eigenvalue weighted by Gasteiger charge is 2.32. The van der Waals surface area contributed by atoms with Gasteiger partial charge in [-0.25, -0.2) is 8.42 Å². The monoisotopic (exact) mass is 331 g/mol. The quantitative estimate of drug-likeness (QED) is 0.849. The predicted molar refractivity (Wildman–Crippen MR) is 84.3 cm³/mol. The molecule has 21 heavy (non-hydrogen) atoms. The van der Waals surface area contributed by atoms with Crippen molar-refractivity contribution in [2.45, 2.75) is 32.1 Å². The van der Waals surface area contributed by atoms with Crippen molar-refractivity contribution >= 4 is 21.6 Å². The maximum atomic E-state index is 12.8. The van der Waals surface area contributed by atoms with Crippen molar-refractivity contribution in [3.05, 3.63) is 23.2 Å². The molecular formula is C15H22ClNO3S. The number of ether oxygens (including phenoxy) is 1. The molecule has 0 saturated carbocycles. The second-order valence-electron chi connectivity index (χ2n) is 5.79. The number of hydrogen-bond acceptors (Lipinski definition) is 3. The van der Waals surface area contributed by atoms with Crippen molar-refractivity contribution in [3.63, 3.8) is 0 Å². The maximum Gasteiger partial charge on any atom is 0.243 e. The van der Waals surface area contributed by atoms with Crippen molar-refractivity contribution in [3.8, 4) is 5.75 Å². The number of rotatable bonds is 4. The lowest BCUT2D eigenvalue weighted by Gasteiger charge is -2.34. The summed E-state index contributed by atoms with van der Waals surface area (Å²) in [6.07, 6.45) is 1.07. The van der Waals surface area contributed by atoms with Crippen LogP contribution in [-0.2, 0) is 10.0 Å². The highest BCUT2D eigenvalue weighted by atomic mass is 35.5. The summed E-state index contributed by atoms with van der Waals surface area (Å²) in [4.78, 5) is 0.247. The Morgan fingerprint density at radius 3 is 2.48 bits per heavy atom. The Balaban J connectivity index is 2.33. The molecule has 1 aromatic carbocycles. The van der Waals surface area contributed by atoms with Crippen molar-refractivity contribution in [1.29, 1.82) is 0 Å². The zero-order chi connectivity index (χ0) is 15.6. The Morgan fingerprint density at radius 1 is 1.29 bits per heavy atom. The molecule has 2 atom stereocenters. The van der Waals surface area contributed by atoms with Crippen molar-refractivity contribution < 1.29 is 13.2 Å². The zero-order valence-electron chi connectivity index (χ0n) is 12.7. The summed E-state index contributed by atoms with van der Waals surface area (Å²) in [6.45, 7) is 7.60. The summed E-state index contributed by atoms with van der Waals surface area (Å²) < 4.78 is 32.5. The summed E-state index contributed by atoms with van der Waals surface area (Å²) in [5, 5.41) is 0.427. The first-order valence-electron chi connectivity index (χ1n) is 7.27. The number of hydrogen-bond donors (Lipinski definition) is 0. The Labute approximate surface area is 132 Å². The van der Waals surface area contributed by atoms with Crippen LogP contribution in [0.3, 0.4) is 0 Å². The molecule has 6 heteroatoms. The fraction of sp³-hybridized carbons (Fsp3) is 0.600. The molecule has 0 amide bonds. The number of nitrogens with zero attached hydrogens (tertiary/aromatic N) is 1. The lowest BCUT2D eigenvalue weighted by Crippen LogP contribution is -2.42. The minimum atomic E-state index is -3.49. The molecule has 0 spiro atoms. The van der Waals surface area contributed by atoms with Crippen LogP contribution < -0.4 is 4.74 Å². The van der Waals surface area contributed by atoms with Crippen molar-refractivity contribution in [2.24, 2.45) is 11.8 Å². The minimum Gasteiger partial charge on any atom is -0.492 e. The summed E-state index contributed by atoms with van der Waals surface area (Å²) in [6, 6.07) is 4.64. The molecule has 1 aromatic rings. The summed E-state index contributed by atoms with van der Waals surface area (Å²) in [5.74, 6) is 1.17. The van der Waals surface area contributed by atoms with Gasteiger partial charge in [-0.15, -0.1) is 0 Å². The van der Waals surface area contributed by atoms with Crippen LogP contribution in [-0.4, -0.2) is 32.4 Å². The molecule has 0 N–H and O–H groups in total. The van der Waals surface area contributed by atoms with Gasteiger partial charge in [0.05, 0.1) is 16.5 Å². The Bertz CT molecular complexity index is 593. The van der Waals surface area contributed by atoms with E-state index in [4.69, 9.17) is 16.3 Å². The van der Waals surface area contributed by atoms with Crippen LogP contribution in [0.2, 0.25) is 5.02 Å². The smallest absolute Gasteiger partial charge is 0.243 e. The SMILES string of the molecule is CCOc1cc(S(=O)(=O)N2C[C@H](C)C[C@H](C)C2)ccc1Cl. The van der Waals surface area contributed by atoms with E-state index in [1.807, 2.05) is 6.92 Å². The first-order chi connectivity index (χ1) is 9.84. The third kappa shape index (κ3) is 3.71. The number of piperidine rings is 1. The Hall–Kier alpha value is -0.780. The van der Waals surface area contributed by atoms with E-state index < -0.39 is 10.0 Å². The van der Waals surface area contributed by atoms with E-state index in [9.17, 15) is 8.42 Å².